The van der Waals surface area contributed by atoms with Crippen LogP contribution in [-0.4, -0.2) is 5.78 Å². The Kier molecular flexibility index (Phi) is 5.46. The van der Waals surface area contributed by atoms with Crippen LogP contribution in [-0.2, 0) is 11.2 Å². The van der Waals surface area contributed by atoms with Crippen molar-refractivity contribution in [1.82, 2.24) is 0 Å². The molecule has 0 heterocycles. The predicted octanol–water partition coefficient (Wildman–Crippen LogP) is 3.54. The van der Waals surface area contributed by atoms with Crippen molar-refractivity contribution in [3.63, 3.8) is 0 Å². The highest BCUT2D eigenvalue weighted by Gasteiger charge is 2.01. The first-order chi connectivity index (χ1) is 7.33. The quantitative estimate of drug-likeness (QED) is 0.645. The largest absolute Gasteiger partial charge is 0.299 e. The summed E-state index contributed by atoms with van der Waals surface area (Å²) in [6, 6.07) is 9.91. The SMILES string of the molecule is CC/C=C\CCC(=O)Cc1ccccc1. The van der Waals surface area contributed by atoms with Gasteiger partial charge in [-0.05, 0) is 18.4 Å². The maximum absolute atomic E-state index is 11.5. The van der Waals surface area contributed by atoms with E-state index < -0.39 is 0 Å². The summed E-state index contributed by atoms with van der Waals surface area (Å²) >= 11 is 0. The molecule has 0 unspecified atom stereocenters. The van der Waals surface area contributed by atoms with Crippen LogP contribution in [0.2, 0.25) is 0 Å². The zero-order valence-electron chi connectivity index (χ0n) is 9.28. The summed E-state index contributed by atoms with van der Waals surface area (Å²) in [6.07, 6.45) is 7.34. The van der Waals surface area contributed by atoms with Gasteiger partial charge >= 0.3 is 0 Å². The van der Waals surface area contributed by atoms with E-state index in [9.17, 15) is 4.79 Å². The summed E-state index contributed by atoms with van der Waals surface area (Å²) in [5, 5.41) is 0. The summed E-state index contributed by atoms with van der Waals surface area (Å²) < 4.78 is 0. The molecule has 15 heavy (non-hydrogen) atoms. The number of Topliss-reactive ketones (excluding diaryl/α,β-unsaturated/α-hetero) is 1. The Hall–Kier alpha value is -1.37. The highest BCUT2D eigenvalue weighted by molar-refractivity contribution is 5.80. The number of carbonyl (C=O) groups is 1. The molecule has 0 atom stereocenters. The van der Waals surface area contributed by atoms with Gasteiger partial charge in [0.1, 0.15) is 5.78 Å². The van der Waals surface area contributed by atoms with Crippen molar-refractivity contribution < 1.29 is 4.79 Å². The van der Waals surface area contributed by atoms with Crippen molar-refractivity contribution in [2.24, 2.45) is 0 Å². The van der Waals surface area contributed by atoms with Gasteiger partial charge in [-0.25, -0.2) is 0 Å². The molecular weight excluding hydrogens is 184 g/mol. The molecule has 1 heteroatoms. The normalized spacial score (nSPS) is 10.7. The average Bonchev–Trinajstić information content (AvgIpc) is 2.26. The third-order valence-electron chi connectivity index (χ3n) is 2.24. The van der Waals surface area contributed by atoms with Gasteiger partial charge in [0.25, 0.3) is 0 Å². The van der Waals surface area contributed by atoms with E-state index in [1.54, 1.807) is 0 Å². The van der Waals surface area contributed by atoms with Crippen LogP contribution >= 0.6 is 0 Å². The molecule has 0 saturated carbocycles. The van der Waals surface area contributed by atoms with Gasteiger partial charge in [0.2, 0.25) is 0 Å². The van der Waals surface area contributed by atoms with Crippen LogP contribution in [0.25, 0.3) is 0 Å². The van der Waals surface area contributed by atoms with Gasteiger partial charge in [0.05, 0.1) is 0 Å². The number of ketones is 1. The average molecular weight is 202 g/mol. The van der Waals surface area contributed by atoms with Gasteiger partial charge in [-0.2, -0.15) is 0 Å². The molecule has 80 valence electrons. The summed E-state index contributed by atoms with van der Waals surface area (Å²) in [7, 11) is 0. The molecule has 1 aromatic carbocycles. The molecule has 0 saturated heterocycles. The van der Waals surface area contributed by atoms with Crippen molar-refractivity contribution in [2.75, 3.05) is 0 Å². The fourth-order valence-corrected chi connectivity index (χ4v) is 1.44. The first-order valence-corrected chi connectivity index (χ1v) is 5.53. The van der Waals surface area contributed by atoms with E-state index in [1.165, 1.54) is 0 Å². The standard InChI is InChI=1S/C14H18O/c1-2-3-4-8-11-14(15)12-13-9-6-5-7-10-13/h3-7,9-10H,2,8,11-12H2,1H3/b4-3-. The third kappa shape index (κ3) is 5.16. The molecule has 0 spiro atoms. The Bertz CT molecular complexity index is 311. The van der Waals surface area contributed by atoms with E-state index in [1.807, 2.05) is 30.3 Å². The lowest BCUT2D eigenvalue weighted by atomic mass is 10.1. The van der Waals surface area contributed by atoms with Crippen LogP contribution in [0.5, 0.6) is 0 Å². The van der Waals surface area contributed by atoms with Gasteiger partial charge < -0.3 is 0 Å². The van der Waals surface area contributed by atoms with Crippen molar-refractivity contribution in [3.05, 3.63) is 48.0 Å². The molecule has 0 radical (unpaired) electrons. The van der Waals surface area contributed by atoms with Gasteiger partial charge in [0, 0.05) is 12.8 Å². The number of allylic oxidation sites excluding steroid dienone is 2. The minimum atomic E-state index is 0.321. The number of hydrogen-bond acceptors (Lipinski definition) is 1. The van der Waals surface area contributed by atoms with Crippen molar-refractivity contribution >= 4 is 5.78 Å². The zero-order valence-corrected chi connectivity index (χ0v) is 9.28. The van der Waals surface area contributed by atoms with Gasteiger partial charge in [0.15, 0.2) is 0 Å². The fraction of sp³-hybridized carbons (Fsp3) is 0.357. The van der Waals surface area contributed by atoms with Crippen LogP contribution in [0.4, 0.5) is 0 Å². The van der Waals surface area contributed by atoms with Crippen molar-refractivity contribution in [3.8, 4) is 0 Å². The lowest BCUT2D eigenvalue weighted by Gasteiger charge is -1.98. The first kappa shape index (κ1) is 11.7. The van der Waals surface area contributed by atoms with Gasteiger partial charge in [-0.1, -0.05) is 49.4 Å². The van der Waals surface area contributed by atoms with E-state index in [2.05, 4.69) is 19.1 Å². The number of hydrogen-bond donors (Lipinski definition) is 0. The molecular formula is C14H18O. The summed E-state index contributed by atoms with van der Waals surface area (Å²) in [4.78, 5) is 11.5. The fourth-order valence-electron chi connectivity index (χ4n) is 1.44. The summed E-state index contributed by atoms with van der Waals surface area (Å²) in [6.45, 7) is 2.10. The molecule has 0 amide bonds. The Morgan fingerprint density at radius 3 is 2.60 bits per heavy atom. The number of rotatable bonds is 6. The third-order valence-corrected chi connectivity index (χ3v) is 2.24. The lowest BCUT2D eigenvalue weighted by molar-refractivity contribution is -0.118. The Morgan fingerprint density at radius 2 is 1.93 bits per heavy atom. The lowest BCUT2D eigenvalue weighted by Crippen LogP contribution is -2.01. The van der Waals surface area contributed by atoms with E-state index in [-0.39, 0.29) is 0 Å². The molecule has 1 aromatic rings. The molecule has 0 fully saturated rings. The van der Waals surface area contributed by atoms with E-state index >= 15 is 0 Å². The van der Waals surface area contributed by atoms with E-state index in [4.69, 9.17) is 0 Å². The van der Waals surface area contributed by atoms with E-state index in [0.717, 1.165) is 18.4 Å². The topological polar surface area (TPSA) is 17.1 Å². The summed E-state index contributed by atoms with van der Waals surface area (Å²) in [5.41, 5.74) is 1.11. The highest BCUT2D eigenvalue weighted by atomic mass is 16.1. The Balaban J connectivity index is 2.28. The molecule has 1 rings (SSSR count). The maximum atomic E-state index is 11.5. The number of benzene rings is 1. The second-order valence-electron chi connectivity index (χ2n) is 3.62. The molecule has 0 N–H and O–H groups in total. The number of carbonyl (C=O) groups excluding carboxylic acids is 1. The minimum Gasteiger partial charge on any atom is -0.299 e. The van der Waals surface area contributed by atoms with Crippen LogP contribution in [0.15, 0.2) is 42.5 Å². The maximum Gasteiger partial charge on any atom is 0.137 e. The Labute approximate surface area is 91.8 Å². The second-order valence-corrected chi connectivity index (χ2v) is 3.62. The predicted molar refractivity (Wildman–Crippen MR) is 63.8 cm³/mol. The second kappa shape index (κ2) is 6.99. The smallest absolute Gasteiger partial charge is 0.137 e. The van der Waals surface area contributed by atoms with E-state index in [0.29, 0.717) is 18.6 Å². The van der Waals surface area contributed by atoms with Crippen LogP contribution in [0, 0.1) is 0 Å². The molecule has 0 aliphatic rings. The molecule has 1 nitrogen and oxygen atoms in total. The van der Waals surface area contributed by atoms with Crippen molar-refractivity contribution in [2.45, 2.75) is 32.6 Å². The molecule has 0 aromatic heterocycles. The first-order valence-electron chi connectivity index (χ1n) is 5.53. The van der Waals surface area contributed by atoms with Gasteiger partial charge in [-0.15, -0.1) is 0 Å². The monoisotopic (exact) mass is 202 g/mol. The molecule has 0 bridgehead atoms. The van der Waals surface area contributed by atoms with Crippen LogP contribution in [0.3, 0.4) is 0 Å². The highest BCUT2D eigenvalue weighted by Crippen LogP contribution is 2.03. The summed E-state index contributed by atoms with van der Waals surface area (Å²) in [5.74, 6) is 0.321. The molecule has 0 aliphatic carbocycles. The van der Waals surface area contributed by atoms with Crippen LogP contribution in [0.1, 0.15) is 31.7 Å². The zero-order chi connectivity index (χ0) is 10.9. The van der Waals surface area contributed by atoms with Gasteiger partial charge in [-0.3, -0.25) is 4.79 Å². The molecule has 0 aliphatic heterocycles. The van der Waals surface area contributed by atoms with Crippen LogP contribution < -0.4 is 0 Å². The van der Waals surface area contributed by atoms with Crippen molar-refractivity contribution in [1.29, 1.82) is 0 Å². The minimum absolute atomic E-state index is 0.321. The Morgan fingerprint density at radius 1 is 1.20 bits per heavy atom.